The molecule has 174 valence electrons. The minimum atomic E-state index is -4.21. The van der Waals surface area contributed by atoms with Gasteiger partial charge in [-0.25, -0.2) is 0 Å². The molecule has 10 atom stereocenters. The summed E-state index contributed by atoms with van der Waals surface area (Å²) in [5.74, 6) is 0.848. The van der Waals surface area contributed by atoms with Crippen molar-refractivity contribution in [3.63, 3.8) is 0 Å². The average molecular weight is 431 g/mol. The Morgan fingerprint density at radius 1 is 0.833 bits per heavy atom. The van der Waals surface area contributed by atoms with Gasteiger partial charge in [-0.05, 0) is 105 Å². The molecule has 4 saturated carbocycles. The van der Waals surface area contributed by atoms with Gasteiger partial charge in [0.25, 0.3) is 0 Å². The molecule has 4 rings (SSSR count). The zero-order valence-corrected chi connectivity index (χ0v) is 18.7. The highest BCUT2D eigenvalue weighted by Gasteiger charge is 2.58. The van der Waals surface area contributed by atoms with Crippen molar-refractivity contribution >= 4 is 0 Å². The fourth-order valence-corrected chi connectivity index (χ4v) is 8.32. The highest BCUT2D eigenvalue weighted by atomic mass is 19.4. The van der Waals surface area contributed by atoms with Crippen molar-refractivity contribution in [3.05, 3.63) is 0 Å². The molecule has 0 amide bonds. The molecular formula is C25H41F3O2. The first-order valence-electron chi connectivity index (χ1n) is 12.6. The van der Waals surface area contributed by atoms with E-state index in [9.17, 15) is 23.4 Å². The Kier molecular flexibility index (Phi) is 6.81. The van der Waals surface area contributed by atoms with Crippen molar-refractivity contribution in [2.24, 2.45) is 53.3 Å². The summed E-state index contributed by atoms with van der Waals surface area (Å²) in [6, 6.07) is 0. The average Bonchev–Trinajstić information content (AvgIpc) is 3.15. The monoisotopic (exact) mass is 430 g/mol. The van der Waals surface area contributed by atoms with Gasteiger partial charge >= 0.3 is 6.18 Å². The van der Waals surface area contributed by atoms with E-state index in [-0.39, 0.29) is 42.6 Å². The summed E-state index contributed by atoms with van der Waals surface area (Å²) in [7, 11) is 0. The van der Waals surface area contributed by atoms with Gasteiger partial charge in [0, 0.05) is 0 Å². The molecule has 0 heterocycles. The molecule has 0 aromatic rings. The molecule has 0 aromatic heterocycles. The predicted molar refractivity (Wildman–Crippen MR) is 112 cm³/mol. The molecular weight excluding hydrogens is 389 g/mol. The summed E-state index contributed by atoms with van der Waals surface area (Å²) in [6.07, 6.45) is 4.02. The molecule has 0 aromatic carbocycles. The lowest BCUT2D eigenvalue weighted by Gasteiger charge is -2.57. The van der Waals surface area contributed by atoms with Gasteiger partial charge in [-0.2, -0.15) is 13.2 Å². The van der Waals surface area contributed by atoms with Gasteiger partial charge in [-0.15, -0.1) is 0 Å². The lowest BCUT2D eigenvalue weighted by Crippen LogP contribution is -2.52. The Hall–Kier alpha value is -0.290. The second-order valence-electron chi connectivity index (χ2n) is 11.5. The van der Waals surface area contributed by atoms with Crippen LogP contribution in [0.2, 0.25) is 0 Å². The number of rotatable bonds is 5. The maximum Gasteiger partial charge on any atom is 0.392 e. The molecule has 30 heavy (non-hydrogen) atoms. The van der Waals surface area contributed by atoms with E-state index in [4.69, 9.17) is 0 Å². The molecule has 8 unspecified atom stereocenters. The third-order valence-electron chi connectivity index (χ3n) is 9.69. The SMILES string of the molecule is CC(C)[C@@H](O)CC[C@@H](C1CC2CC(O)CCC2C2CCC3CCCC3C21)C(F)(F)F. The second kappa shape index (κ2) is 8.92. The molecule has 4 aliphatic carbocycles. The van der Waals surface area contributed by atoms with Crippen molar-refractivity contribution in [2.75, 3.05) is 0 Å². The Morgan fingerprint density at radius 3 is 2.27 bits per heavy atom. The summed E-state index contributed by atoms with van der Waals surface area (Å²) in [5, 5.41) is 20.5. The Balaban J connectivity index is 1.62. The zero-order valence-electron chi connectivity index (χ0n) is 18.7. The van der Waals surface area contributed by atoms with Crippen LogP contribution < -0.4 is 0 Å². The van der Waals surface area contributed by atoms with Crippen molar-refractivity contribution < 1.29 is 23.4 Å². The highest BCUT2D eigenvalue weighted by molar-refractivity contribution is 5.04. The van der Waals surface area contributed by atoms with Crippen LogP contribution in [0, 0.1) is 53.3 Å². The van der Waals surface area contributed by atoms with Crippen molar-refractivity contribution in [1.82, 2.24) is 0 Å². The van der Waals surface area contributed by atoms with Crippen LogP contribution in [0.4, 0.5) is 13.2 Å². The van der Waals surface area contributed by atoms with Crippen LogP contribution in [-0.4, -0.2) is 28.6 Å². The van der Waals surface area contributed by atoms with Gasteiger partial charge in [-0.3, -0.25) is 0 Å². The van der Waals surface area contributed by atoms with E-state index in [1.54, 1.807) is 0 Å². The maximum atomic E-state index is 14.4. The Morgan fingerprint density at radius 2 is 1.57 bits per heavy atom. The van der Waals surface area contributed by atoms with Crippen LogP contribution in [0.1, 0.15) is 84.5 Å². The van der Waals surface area contributed by atoms with Crippen LogP contribution in [0.15, 0.2) is 0 Å². The van der Waals surface area contributed by atoms with Crippen LogP contribution in [0.3, 0.4) is 0 Å². The van der Waals surface area contributed by atoms with E-state index in [0.717, 1.165) is 25.7 Å². The van der Waals surface area contributed by atoms with Crippen molar-refractivity contribution in [1.29, 1.82) is 0 Å². The van der Waals surface area contributed by atoms with Crippen LogP contribution >= 0.6 is 0 Å². The molecule has 0 aliphatic heterocycles. The topological polar surface area (TPSA) is 40.5 Å². The van der Waals surface area contributed by atoms with Crippen LogP contribution in [-0.2, 0) is 0 Å². The zero-order chi connectivity index (χ0) is 21.6. The van der Waals surface area contributed by atoms with Gasteiger partial charge in [-0.1, -0.05) is 26.7 Å². The largest absolute Gasteiger partial charge is 0.393 e. The number of aliphatic hydroxyl groups excluding tert-OH is 2. The first-order chi connectivity index (χ1) is 14.2. The molecule has 2 nitrogen and oxygen atoms in total. The van der Waals surface area contributed by atoms with E-state index in [1.165, 1.54) is 19.3 Å². The van der Waals surface area contributed by atoms with Gasteiger partial charge in [0.15, 0.2) is 0 Å². The maximum absolute atomic E-state index is 14.4. The fraction of sp³-hybridized carbons (Fsp3) is 1.00. The fourth-order valence-electron chi connectivity index (χ4n) is 8.32. The smallest absolute Gasteiger partial charge is 0.392 e. The standard InChI is InChI=1S/C25H41F3O2/c1-14(2)23(30)11-10-22(25(26,27)28)21-13-16-12-17(29)7-9-18(16)20-8-6-15-4-3-5-19(15)24(20)21/h14-24,29-30H,3-13H2,1-2H3/t15?,16?,17?,18?,19?,20?,21?,22-,23-,24?/m0/s1. The first-order valence-corrected chi connectivity index (χ1v) is 12.6. The number of hydrogen-bond donors (Lipinski definition) is 2. The minimum Gasteiger partial charge on any atom is -0.393 e. The molecule has 0 spiro atoms. The molecule has 0 saturated heterocycles. The van der Waals surface area contributed by atoms with Crippen molar-refractivity contribution in [3.8, 4) is 0 Å². The molecule has 4 aliphatic rings. The van der Waals surface area contributed by atoms with Crippen LogP contribution in [0.25, 0.3) is 0 Å². The number of fused-ring (bicyclic) bond motifs is 5. The van der Waals surface area contributed by atoms with E-state index >= 15 is 0 Å². The normalized spacial score (nSPS) is 43.6. The van der Waals surface area contributed by atoms with Gasteiger partial charge < -0.3 is 10.2 Å². The van der Waals surface area contributed by atoms with Gasteiger partial charge in [0.05, 0.1) is 18.1 Å². The van der Waals surface area contributed by atoms with Gasteiger partial charge in [0.1, 0.15) is 0 Å². The van der Waals surface area contributed by atoms with E-state index in [2.05, 4.69) is 0 Å². The lowest BCUT2D eigenvalue weighted by atomic mass is 9.48. The molecule has 2 N–H and O–H groups in total. The summed E-state index contributed by atoms with van der Waals surface area (Å²) < 4.78 is 43.3. The Labute approximate surface area is 180 Å². The van der Waals surface area contributed by atoms with Crippen LogP contribution in [0.5, 0.6) is 0 Å². The van der Waals surface area contributed by atoms with Gasteiger partial charge in [0.2, 0.25) is 0 Å². The summed E-state index contributed by atoms with van der Waals surface area (Å²) >= 11 is 0. The molecule has 0 radical (unpaired) electrons. The minimum absolute atomic E-state index is 0.00949. The number of halogens is 3. The van der Waals surface area contributed by atoms with E-state index in [0.29, 0.717) is 36.5 Å². The first kappa shape index (κ1) is 22.9. The third-order valence-corrected chi connectivity index (χ3v) is 9.69. The number of hydrogen-bond acceptors (Lipinski definition) is 2. The summed E-state index contributed by atoms with van der Waals surface area (Å²) in [4.78, 5) is 0. The Bertz CT molecular complexity index is 577. The van der Waals surface area contributed by atoms with Crippen molar-refractivity contribution in [2.45, 2.75) is 103 Å². The molecule has 4 fully saturated rings. The summed E-state index contributed by atoms with van der Waals surface area (Å²) in [6.45, 7) is 3.75. The number of aliphatic hydroxyl groups is 2. The third kappa shape index (κ3) is 4.44. The summed E-state index contributed by atoms with van der Waals surface area (Å²) in [5.41, 5.74) is 0. The van der Waals surface area contributed by atoms with E-state index < -0.39 is 18.2 Å². The predicted octanol–water partition coefficient (Wildman–Crippen LogP) is 6.20. The second-order valence-corrected chi connectivity index (χ2v) is 11.5. The quantitative estimate of drug-likeness (QED) is 0.545. The lowest BCUT2D eigenvalue weighted by molar-refractivity contribution is -0.218. The molecule has 0 bridgehead atoms. The number of alkyl halides is 3. The van der Waals surface area contributed by atoms with E-state index in [1.807, 2.05) is 13.8 Å². The highest BCUT2D eigenvalue weighted by Crippen LogP contribution is 2.62. The molecule has 5 heteroatoms.